The molecule has 1 atom stereocenters. The highest BCUT2D eigenvalue weighted by Gasteiger charge is 2.30. The second-order valence-corrected chi connectivity index (χ2v) is 9.11. The van der Waals surface area contributed by atoms with Crippen molar-refractivity contribution in [1.29, 1.82) is 0 Å². The van der Waals surface area contributed by atoms with Crippen molar-refractivity contribution in [3.8, 4) is 0 Å². The maximum absolute atomic E-state index is 13.4. The molecule has 0 spiro atoms. The summed E-state index contributed by atoms with van der Waals surface area (Å²) in [7, 11) is 0. The van der Waals surface area contributed by atoms with E-state index in [1.807, 2.05) is 30.3 Å². The number of allylic oxidation sites excluding steroid dienone is 1. The molecule has 1 aliphatic carbocycles. The van der Waals surface area contributed by atoms with Crippen LogP contribution in [-0.2, 0) is 30.4 Å². The Balaban J connectivity index is 1.42. The van der Waals surface area contributed by atoms with Gasteiger partial charge in [-0.2, -0.15) is 0 Å². The van der Waals surface area contributed by atoms with Crippen LogP contribution < -0.4 is 0 Å². The average Bonchev–Trinajstić information content (AvgIpc) is 3.05. The van der Waals surface area contributed by atoms with Gasteiger partial charge in [0.05, 0.1) is 19.8 Å². The van der Waals surface area contributed by atoms with Crippen molar-refractivity contribution in [3.05, 3.63) is 100 Å². The summed E-state index contributed by atoms with van der Waals surface area (Å²) in [6, 6.07) is 12.5. The number of hydrogen-bond acceptors (Lipinski definition) is 5. The predicted octanol–water partition coefficient (Wildman–Crippen LogP) is 4.45. The molecule has 1 aliphatic heterocycles. The van der Waals surface area contributed by atoms with Gasteiger partial charge >= 0.3 is 0 Å². The maximum Gasteiger partial charge on any atom is 0.296 e. The van der Waals surface area contributed by atoms with Crippen molar-refractivity contribution >= 4 is 11.5 Å². The fourth-order valence-corrected chi connectivity index (χ4v) is 4.96. The van der Waals surface area contributed by atoms with Crippen LogP contribution in [0.15, 0.2) is 60.9 Å². The number of aromatic nitrogens is 2. The Bertz CT molecular complexity index is 1230. The van der Waals surface area contributed by atoms with Gasteiger partial charge in [-0.25, -0.2) is 9.45 Å². The number of pyridine rings is 2. The van der Waals surface area contributed by atoms with Crippen molar-refractivity contribution in [1.82, 2.24) is 15.0 Å². The van der Waals surface area contributed by atoms with Crippen molar-refractivity contribution in [2.24, 2.45) is 5.92 Å². The van der Waals surface area contributed by atoms with Crippen LogP contribution in [0.1, 0.15) is 44.9 Å². The first-order chi connectivity index (χ1) is 17.1. The second-order valence-electron chi connectivity index (χ2n) is 9.11. The number of amides is 1. The first-order valence-electron chi connectivity index (χ1n) is 12.0. The molecule has 1 aromatic carbocycles. The number of rotatable bonds is 7. The summed E-state index contributed by atoms with van der Waals surface area (Å²) < 4.78 is 19.5. The molecule has 3 heterocycles. The van der Waals surface area contributed by atoms with E-state index in [0.29, 0.717) is 31.7 Å². The number of nitrogens with zero attached hydrogens (tertiary/aromatic N) is 3. The highest BCUT2D eigenvalue weighted by molar-refractivity contribution is 5.96. The molecule has 35 heavy (non-hydrogen) atoms. The molecule has 2 aromatic heterocycles. The van der Waals surface area contributed by atoms with E-state index >= 15 is 0 Å². The first kappa shape index (κ1) is 23.3. The molecule has 0 bridgehead atoms. The Morgan fingerprint density at radius 1 is 1.11 bits per heavy atom. The number of fused-ring (bicyclic) bond motifs is 3. The quantitative estimate of drug-likeness (QED) is 0.405. The molecule has 0 saturated carbocycles. The number of ether oxygens (including phenoxy) is 1. The Morgan fingerprint density at radius 2 is 1.97 bits per heavy atom. The third-order valence-electron chi connectivity index (χ3n) is 6.71. The normalized spacial score (nSPS) is 17.4. The SMILES string of the molecule is O=C1c2ncc3c(c2CCN1O)C(COCCc1ccccn1)=CC(Cc1ccc(F)cc1)CC3. The Kier molecular flexibility index (Phi) is 6.97. The van der Waals surface area contributed by atoms with Crippen LogP contribution in [-0.4, -0.2) is 45.9 Å². The first-order valence-corrected chi connectivity index (χ1v) is 12.0. The molecule has 180 valence electrons. The fourth-order valence-electron chi connectivity index (χ4n) is 4.96. The highest BCUT2D eigenvalue weighted by atomic mass is 19.1. The summed E-state index contributed by atoms with van der Waals surface area (Å²) >= 11 is 0. The Hall–Kier alpha value is -3.42. The summed E-state index contributed by atoms with van der Waals surface area (Å²) in [4.78, 5) is 21.4. The fraction of sp³-hybridized carbons (Fsp3) is 0.321. The molecule has 1 amide bonds. The van der Waals surface area contributed by atoms with Gasteiger partial charge in [-0.05, 0) is 83.7 Å². The lowest BCUT2D eigenvalue weighted by atomic mass is 9.90. The van der Waals surface area contributed by atoms with E-state index in [1.54, 1.807) is 12.4 Å². The molecule has 1 unspecified atom stereocenters. The van der Waals surface area contributed by atoms with Gasteiger partial charge in [0.15, 0.2) is 0 Å². The van der Waals surface area contributed by atoms with Gasteiger partial charge in [-0.15, -0.1) is 0 Å². The lowest BCUT2D eigenvalue weighted by Crippen LogP contribution is -2.36. The van der Waals surface area contributed by atoms with Crippen molar-refractivity contribution in [2.45, 2.75) is 32.1 Å². The van der Waals surface area contributed by atoms with E-state index in [0.717, 1.165) is 57.8 Å². The Labute approximate surface area is 204 Å². The molecule has 0 radical (unpaired) electrons. The molecule has 0 fully saturated rings. The lowest BCUT2D eigenvalue weighted by molar-refractivity contribution is -0.0607. The molecule has 1 N–H and O–H groups in total. The van der Waals surface area contributed by atoms with Gasteiger partial charge in [0.25, 0.3) is 5.91 Å². The number of benzene rings is 1. The number of hydroxylamine groups is 2. The topological polar surface area (TPSA) is 75.6 Å². The van der Waals surface area contributed by atoms with Crippen molar-refractivity contribution in [2.75, 3.05) is 19.8 Å². The van der Waals surface area contributed by atoms with Crippen LogP contribution in [0.2, 0.25) is 0 Å². The summed E-state index contributed by atoms with van der Waals surface area (Å²) in [5.74, 6) is -0.456. The number of aryl methyl sites for hydroxylation is 1. The van der Waals surface area contributed by atoms with E-state index in [2.05, 4.69) is 16.0 Å². The van der Waals surface area contributed by atoms with Crippen molar-refractivity contribution in [3.63, 3.8) is 0 Å². The number of carbonyl (C=O) groups excluding carboxylic acids is 1. The van der Waals surface area contributed by atoms with Crippen LogP contribution >= 0.6 is 0 Å². The summed E-state index contributed by atoms with van der Waals surface area (Å²) in [6.07, 6.45) is 9.60. The molecule has 3 aromatic rings. The molecule has 0 saturated heterocycles. The molecular formula is C28H28FN3O3. The molecule has 5 rings (SSSR count). The standard InChI is InChI=1S/C28H28FN3O3/c29-23-8-5-19(6-9-23)15-20-4-7-21-17-31-27-25(10-13-32(34)28(27)33)26(21)22(16-20)18-35-14-11-24-3-1-2-12-30-24/h1-3,5-6,8-9,12,16-17,20,34H,4,7,10-11,13-15,18H2. The highest BCUT2D eigenvalue weighted by Crippen LogP contribution is 2.35. The van der Waals surface area contributed by atoms with Crippen LogP contribution in [0, 0.1) is 11.7 Å². The molecule has 7 heteroatoms. The van der Waals surface area contributed by atoms with Gasteiger partial charge in [-0.1, -0.05) is 24.3 Å². The number of carbonyl (C=O) groups is 1. The second kappa shape index (κ2) is 10.5. The van der Waals surface area contributed by atoms with E-state index in [1.165, 1.54) is 12.1 Å². The number of halogens is 1. The third-order valence-corrected chi connectivity index (χ3v) is 6.71. The third kappa shape index (κ3) is 5.31. The zero-order valence-electron chi connectivity index (χ0n) is 19.5. The maximum atomic E-state index is 13.4. The molecule has 2 aliphatic rings. The minimum absolute atomic E-state index is 0.236. The smallest absolute Gasteiger partial charge is 0.296 e. The van der Waals surface area contributed by atoms with Crippen molar-refractivity contribution < 1.29 is 19.1 Å². The monoisotopic (exact) mass is 473 g/mol. The van der Waals surface area contributed by atoms with Crippen LogP contribution in [0.3, 0.4) is 0 Å². The zero-order valence-corrected chi connectivity index (χ0v) is 19.5. The van der Waals surface area contributed by atoms with Gasteiger partial charge in [0, 0.05) is 24.5 Å². The molecular weight excluding hydrogens is 445 g/mol. The predicted molar refractivity (Wildman–Crippen MR) is 129 cm³/mol. The van der Waals surface area contributed by atoms with Gasteiger partial charge in [0.2, 0.25) is 0 Å². The summed E-state index contributed by atoms with van der Waals surface area (Å²) in [5.41, 5.74) is 6.45. The zero-order chi connectivity index (χ0) is 24.2. The van der Waals surface area contributed by atoms with Crippen LogP contribution in [0.4, 0.5) is 4.39 Å². The van der Waals surface area contributed by atoms with Gasteiger partial charge in [0.1, 0.15) is 11.5 Å². The summed E-state index contributed by atoms with van der Waals surface area (Å²) in [6.45, 7) is 1.19. The van der Waals surface area contributed by atoms with E-state index < -0.39 is 5.91 Å². The average molecular weight is 474 g/mol. The largest absolute Gasteiger partial charge is 0.376 e. The minimum Gasteiger partial charge on any atom is -0.376 e. The van der Waals surface area contributed by atoms with E-state index in [9.17, 15) is 14.4 Å². The Morgan fingerprint density at radius 3 is 2.77 bits per heavy atom. The van der Waals surface area contributed by atoms with Gasteiger partial charge in [-0.3, -0.25) is 20.0 Å². The van der Waals surface area contributed by atoms with Crippen LogP contribution in [0.5, 0.6) is 0 Å². The lowest BCUT2D eigenvalue weighted by Gasteiger charge is -2.26. The minimum atomic E-state index is -0.462. The van der Waals surface area contributed by atoms with E-state index in [4.69, 9.17) is 4.74 Å². The molecule has 6 nitrogen and oxygen atoms in total. The number of hydrogen-bond donors (Lipinski definition) is 1. The van der Waals surface area contributed by atoms with Crippen LogP contribution in [0.25, 0.3) is 5.57 Å². The van der Waals surface area contributed by atoms with Gasteiger partial charge < -0.3 is 4.74 Å². The summed E-state index contributed by atoms with van der Waals surface area (Å²) in [5, 5.41) is 10.7. The van der Waals surface area contributed by atoms with E-state index in [-0.39, 0.29) is 18.3 Å².